The van der Waals surface area contributed by atoms with Crippen molar-refractivity contribution in [3.05, 3.63) is 78.0 Å². The second-order valence-electron chi connectivity index (χ2n) is 5.41. The number of hydrogen-bond donors (Lipinski definition) is 4. The van der Waals surface area contributed by atoms with Crippen LogP contribution in [-0.2, 0) is 0 Å². The van der Waals surface area contributed by atoms with Gasteiger partial charge in [-0.05, 0) is 60.7 Å². The van der Waals surface area contributed by atoms with Gasteiger partial charge in [0.2, 0.25) is 0 Å². The van der Waals surface area contributed by atoms with Crippen LogP contribution in [0.5, 0.6) is 0 Å². The van der Waals surface area contributed by atoms with E-state index in [2.05, 4.69) is 15.7 Å². The Morgan fingerprint density at radius 1 is 0.680 bits per heavy atom. The van der Waals surface area contributed by atoms with Gasteiger partial charge in [-0.25, -0.2) is 10.6 Å². The van der Waals surface area contributed by atoms with E-state index in [0.717, 1.165) is 0 Å². The molecular weight excluding hydrogens is 316 g/mol. The number of benzene rings is 3. The lowest BCUT2D eigenvalue weighted by molar-refractivity contribution is -0.749. The van der Waals surface area contributed by atoms with E-state index in [9.17, 15) is 5.21 Å². The molecule has 0 amide bonds. The topological polar surface area (TPSA) is 116 Å². The number of nitrogen functional groups attached to an aromatic ring is 2. The Morgan fingerprint density at radius 2 is 1.12 bits per heavy atom. The first-order valence-corrected chi connectivity index (χ1v) is 7.64. The third-order valence-corrected chi connectivity index (χ3v) is 3.47. The smallest absolute Gasteiger partial charge is 0.155 e. The molecule has 7 nitrogen and oxygen atoms in total. The zero-order valence-electron chi connectivity index (χ0n) is 13.4. The van der Waals surface area contributed by atoms with Crippen molar-refractivity contribution in [2.24, 2.45) is 10.2 Å². The molecule has 0 bridgehead atoms. The van der Waals surface area contributed by atoms with Gasteiger partial charge in [-0.2, -0.15) is 10.2 Å². The summed E-state index contributed by atoms with van der Waals surface area (Å²) in [5.74, 6) is 0. The second kappa shape index (κ2) is 7.43. The number of nitrogens with zero attached hydrogens (tertiary/aromatic N) is 2. The number of anilines is 3. The maximum atomic E-state index is 12.2. The van der Waals surface area contributed by atoms with Crippen LogP contribution in [0.3, 0.4) is 0 Å². The SMILES string of the molecule is Nc1ccc(N=Nc2ccc([NH+]([O-])Nc3ccc(N)cc3)cc2)cc1. The van der Waals surface area contributed by atoms with Gasteiger partial charge in [-0.3, -0.25) is 0 Å². The fourth-order valence-corrected chi connectivity index (χ4v) is 2.11. The summed E-state index contributed by atoms with van der Waals surface area (Å²) in [6, 6.07) is 20.9. The first-order chi connectivity index (χ1) is 12.1. The van der Waals surface area contributed by atoms with Gasteiger partial charge in [-0.15, -0.1) is 0 Å². The number of hydrogen-bond acceptors (Lipinski definition) is 6. The van der Waals surface area contributed by atoms with Crippen molar-refractivity contribution in [3.63, 3.8) is 0 Å². The summed E-state index contributed by atoms with van der Waals surface area (Å²) in [6.07, 6.45) is 0. The average molecular weight is 334 g/mol. The van der Waals surface area contributed by atoms with Crippen LogP contribution in [0.1, 0.15) is 0 Å². The van der Waals surface area contributed by atoms with E-state index in [4.69, 9.17) is 11.5 Å². The van der Waals surface area contributed by atoms with Crippen molar-refractivity contribution in [3.8, 4) is 0 Å². The Bertz CT molecular complexity index is 844. The third-order valence-electron chi connectivity index (χ3n) is 3.47. The lowest BCUT2D eigenvalue weighted by Gasteiger charge is -2.22. The molecule has 3 rings (SSSR count). The summed E-state index contributed by atoms with van der Waals surface area (Å²) in [4.78, 5) is 0. The molecule has 1 unspecified atom stereocenters. The molecule has 0 fully saturated rings. The number of nitrogens with one attached hydrogen (secondary N) is 2. The Hall–Kier alpha value is -3.42. The van der Waals surface area contributed by atoms with Crippen molar-refractivity contribution in [1.29, 1.82) is 0 Å². The predicted molar refractivity (Wildman–Crippen MR) is 99.9 cm³/mol. The molecule has 0 heterocycles. The molecule has 3 aromatic carbocycles. The molecule has 126 valence electrons. The van der Waals surface area contributed by atoms with Crippen molar-refractivity contribution < 1.29 is 5.17 Å². The highest BCUT2D eigenvalue weighted by atomic mass is 16.5. The molecule has 25 heavy (non-hydrogen) atoms. The number of quaternary nitrogens is 1. The van der Waals surface area contributed by atoms with Crippen LogP contribution in [0, 0.1) is 5.21 Å². The van der Waals surface area contributed by atoms with E-state index in [1.807, 2.05) is 0 Å². The van der Waals surface area contributed by atoms with Crippen molar-refractivity contribution in [2.75, 3.05) is 16.9 Å². The highest BCUT2D eigenvalue weighted by molar-refractivity contribution is 5.51. The van der Waals surface area contributed by atoms with Gasteiger partial charge in [0.15, 0.2) is 5.69 Å². The molecule has 0 aliphatic carbocycles. The lowest BCUT2D eigenvalue weighted by Crippen LogP contribution is -3.05. The van der Waals surface area contributed by atoms with Crippen LogP contribution in [0.2, 0.25) is 0 Å². The van der Waals surface area contributed by atoms with Crippen LogP contribution in [0.4, 0.5) is 34.1 Å². The minimum Gasteiger partial charge on any atom is -0.603 e. The molecule has 3 aromatic rings. The molecule has 6 N–H and O–H groups in total. The van der Waals surface area contributed by atoms with Crippen LogP contribution >= 0.6 is 0 Å². The fraction of sp³-hybridized carbons (Fsp3) is 0. The summed E-state index contributed by atoms with van der Waals surface area (Å²) in [7, 11) is 0. The minimum absolute atomic E-state index is 0.202. The Morgan fingerprint density at radius 3 is 1.64 bits per heavy atom. The number of nitrogens with two attached hydrogens (primary N) is 2. The lowest BCUT2D eigenvalue weighted by atomic mass is 10.3. The standard InChI is InChI=1S/C18H18N6O/c19-13-1-5-15(6-2-13)21-22-16-9-11-18(12-10-16)24(25)23-17-7-3-14(20)4-8-17/h1-12,23-24H,19-20H2. The molecular formula is C18H18N6O. The van der Waals surface area contributed by atoms with Gasteiger partial charge in [0.05, 0.1) is 17.1 Å². The zero-order chi connectivity index (χ0) is 17.6. The van der Waals surface area contributed by atoms with Gasteiger partial charge in [0.25, 0.3) is 0 Å². The van der Waals surface area contributed by atoms with Crippen molar-refractivity contribution >= 4 is 34.1 Å². The summed E-state index contributed by atoms with van der Waals surface area (Å²) in [5.41, 5.74) is 18.0. The maximum absolute atomic E-state index is 12.2. The highest BCUT2D eigenvalue weighted by Gasteiger charge is 2.03. The molecule has 0 radical (unpaired) electrons. The summed E-state index contributed by atoms with van der Waals surface area (Å²) < 4.78 is 0. The molecule has 0 spiro atoms. The third kappa shape index (κ3) is 4.54. The minimum atomic E-state index is -0.202. The van der Waals surface area contributed by atoms with E-state index < -0.39 is 0 Å². The zero-order valence-corrected chi connectivity index (χ0v) is 13.4. The van der Waals surface area contributed by atoms with E-state index in [1.165, 1.54) is 0 Å². The summed E-state index contributed by atoms with van der Waals surface area (Å²) in [5, 5.41) is 20.3. The first-order valence-electron chi connectivity index (χ1n) is 7.64. The highest BCUT2D eigenvalue weighted by Crippen LogP contribution is 2.20. The molecule has 0 aliphatic rings. The van der Waals surface area contributed by atoms with Crippen LogP contribution in [0.25, 0.3) is 0 Å². The number of rotatable bonds is 5. The Labute approximate surface area is 145 Å². The van der Waals surface area contributed by atoms with E-state index in [1.54, 1.807) is 72.8 Å². The largest absolute Gasteiger partial charge is 0.603 e. The Kier molecular flexibility index (Phi) is 4.89. The fourth-order valence-electron chi connectivity index (χ4n) is 2.11. The predicted octanol–water partition coefficient (Wildman–Crippen LogP) is 3.31. The van der Waals surface area contributed by atoms with Crippen LogP contribution in [0.15, 0.2) is 83.0 Å². The van der Waals surface area contributed by atoms with Crippen LogP contribution in [-0.4, -0.2) is 0 Å². The van der Waals surface area contributed by atoms with Gasteiger partial charge >= 0.3 is 0 Å². The number of azo groups is 1. The molecule has 0 aromatic heterocycles. The maximum Gasteiger partial charge on any atom is 0.155 e. The van der Waals surface area contributed by atoms with Crippen LogP contribution < -0.4 is 22.1 Å². The molecule has 7 heteroatoms. The first kappa shape index (κ1) is 16.4. The molecule has 1 atom stereocenters. The monoisotopic (exact) mass is 334 g/mol. The van der Waals surface area contributed by atoms with E-state index in [0.29, 0.717) is 34.1 Å². The second-order valence-corrected chi connectivity index (χ2v) is 5.41. The normalized spacial score (nSPS) is 12.2. The van der Waals surface area contributed by atoms with Gasteiger partial charge < -0.3 is 16.7 Å². The van der Waals surface area contributed by atoms with E-state index >= 15 is 0 Å². The molecule has 0 saturated heterocycles. The van der Waals surface area contributed by atoms with Gasteiger partial charge in [-0.1, -0.05) is 0 Å². The quantitative estimate of drug-likeness (QED) is 0.325. The Balaban J connectivity index is 1.64. The van der Waals surface area contributed by atoms with Crippen molar-refractivity contribution in [2.45, 2.75) is 0 Å². The summed E-state index contributed by atoms with van der Waals surface area (Å²) >= 11 is 0. The molecule has 0 aliphatic heterocycles. The van der Waals surface area contributed by atoms with Gasteiger partial charge in [0.1, 0.15) is 0 Å². The average Bonchev–Trinajstić information content (AvgIpc) is 2.63. The molecule has 0 saturated carbocycles. The van der Waals surface area contributed by atoms with Crippen molar-refractivity contribution in [1.82, 2.24) is 0 Å². The van der Waals surface area contributed by atoms with Gasteiger partial charge in [0, 0.05) is 23.5 Å². The van der Waals surface area contributed by atoms with E-state index in [-0.39, 0.29) is 5.17 Å². The summed E-state index contributed by atoms with van der Waals surface area (Å²) in [6.45, 7) is 0.